The Hall–Kier alpha value is -0.0400. The highest BCUT2D eigenvalue weighted by Gasteiger charge is 2.79. The van der Waals surface area contributed by atoms with Gasteiger partial charge in [0.2, 0.25) is 0 Å². The van der Waals surface area contributed by atoms with Crippen molar-refractivity contribution >= 4 is 11.8 Å². The highest BCUT2D eigenvalue weighted by molar-refractivity contribution is 8.07. The fourth-order valence-electron chi connectivity index (χ4n) is 8.29. The zero-order valence-electron chi connectivity index (χ0n) is 16.4. The Bertz CT molecular complexity index is 682. The molecule has 1 heterocycles. The molecule has 1 nitrogen and oxygen atoms in total. The molecular formula is C21H29F5OS. The van der Waals surface area contributed by atoms with Crippen LogP contribution in [0.2, 0.25) is 0 Å². The van der Waals surface area contributed by atoms with Gasteiger partial charge in [-0.15, -0.1) is 0 Å². The topological polar surface area (TPSA) is 20.2 Å². The number of halogens is 5. The number of fused-ring (bicyclic) bond motifs is 6. The van der Waals surface area contributed by atoms with Gasteiger partial charge in [-0.2, -0.15) is 33.7 Å². The number of thioether (sulfide) groups is 1. The summed E-state index contributed by atoms with van der Waals surface area (Å²) in [4.78, 5) is 0. The van der Waals surface area contributed by atoms with Gasteiger partial charge in [-0.3, -0.25) is 0 Å². The van der Waals surface area contributed by atoms with Gasteiger partial charge in [-0.25, -0.2) is 0 Å². The maximum absolute atomic E-state index is 14.5. The molecule has 0 radical (unpaired) electrons. The van der Waals surface area contributed by atoms with Crippen molar-refractivity contribution in [3.63, 3.8) is 0 Å². The van der Waals surface area contributed by atoms with Gasteiger partial charge < -0.3 is 5.11 Å². The number of rotatable bonds is 1. The normalized spacial score (nSPS) is 55.7. The van der Waals surface area contributed by atoms with Gasteiger partial charge in [0.15, 0.2) is 0 Å². The van der Waals surface area contributed by atoms with Crippen LogP contribution in [0.1, 0.15) is 65.2 Å². The lowest BCUT2D eigenvalue weighted by Gasteiger charge is -2.61. The molecule has 1 aliphatic heterocycles. The van der Waals surface area contributed by atoms with Crippen molar-refractivity contribution in [2.75, 3.05) is 0 Å². The van der Waals surface area contributed by atoms with E-state index >= 15 is 0 Å². The second-order valence-corrected chi connectivity index (χ2v) is 12.2. The first-order chi connectivity index (χ1) is 12.9. The van der Waals surface area contributed by atoms with Crippen molar-refractivity contribution in [3.8, 4) is 0 Å². The number of alkyl halides is 5. The molecule has 160 valence electrons. The molecule has 4 saturated carbocycles. The summed E-state index contributed by atoms with van der Waals surface area (Å²) in [6.07, 6.45) is -0.572. The van der Waals surface area contributed by atoms with Crippen LogP contribution in [-0.4, -0.2) is 33.3 Å². The standard InChI is InChI=1S/C21H29F5OS/c1-17-10-16-15(28-16)9-11(17)3-4-12-13(17)5-7-18(2)14(12)6-8-19(18,27)20(22,23)21(24,25)26/h11-16,27H,3-10H2,1-2H3/t11-,12?,13?,14?,15+,16-,17+,18+,19+/m1/s1. The maximum Gasteiger partial charge on any atom is 0.456 e. The average molecular weight is 425 g/mol. The highest BCUT2D eigenvalue weighted by atomic mass is 32.2. The fraction of sp³-hybridized carbons (Fsp3) is 1.00. The van der Waals surface area contributed by atoms with Gasteiger partial charge in [-0.1, -0.05) is 13.8 Å². The molecule has 0 bridgehead atoms. The van der Waals surface area contributed by atoms with E-state index in [-0.39, 0.29) is 30.1 Å². The molecule has 7 heteroatoms. The summed E-state index contributed by atoms with van der Waals surface area (Å²) in [5, 5.41) is 12.4. The van der Waals surface area contributed by atoms with Gasteiger partial charge in [0, 0.05) is 15.9 Å². The summed E-state index contributed by atoms with van der Waals surface area (Å²) in [7, 11) is 0. The minimum Gasteiger partial charge on any atom is -0.383 e. The first-order valence-corrected chi connectivity index (χ1v) is 11.6. The smallest absolute Gasteiger partial charge is 0.383 e. The predicted octanol–water partition coefficient (Wildman–Crippen LogP) is 6.05. The molecular weight excluding hydrogens is 395 g/mol. The van der Waals surface area contributed by atoms with E-state index < -0.39 is 29.5 Å². The van der Waals surface area contributed by atoms with E-state index in [9.17, 15) is 27.1 Å². The van der Waals surface area contributed by atoms with E-state index in [1.54, 1.807) is 0 Å². The number of hydrogen-bond donors (Lipinski definition) is 1. The van der Waals surface area contributed by atoms with Crippen LogP contribution in [0.15, 0.2) is 0 Å². The molecule has 3 unspecified atom stereocenters. The third kappa shape index (κ3) is 2.24. The summed E-state index contributed by atoms with van der Waals surface area (Å²) in [6, 6.07) is 0. The van der Waals surface area contributed by atoms with Gasteiger partial charge in [-0.05, 0) is 80.5 Å². The first kappa shape index (κ1) is 19.9. The van der Waals surface area contributed by atoms with E-state index in [2.05, 4.69) is 18.7 Å². The van der Waals surface area contributed by atoms with Crippen LogP contribution < -0.4 is 0 Å². The Labute approximate surface area is 167 Å². The summed E-state index contributed by atoms with van der Waals surface area (Å²) in [5.41, 5.74) is -4.18. The second-order valence-electron chi connectivity index (χ2n) is 10.7. The van der Waals surface area contributed by atoms with Crippen molar-refractivity contribution in [3.05, 3.63) is 0 Å². The minimum absolute atomic E-state index is 0.165. The van der Waals surface area contributed by atoms with Gasteiger partial charge in [0.1, 0.15) is 5.60 Å². The van der Waals surface area contributed by atoms with E-state index in [4.69, 9.17) is 0 Å². The molecule has 5 fully saturated rings. The Kier molecular flexibility index (Phi) is 3.98. The molecule has 9 atom stereocenters. The Morgan fingerprint density at radius 3 is 2.25 bits per heavy atom. The van der Waals surface area contributed by atoms with Crippen molar-refractivity contribution in [1.82, 2.24) is 0 Å². The number of aliphatic hydroxyl groups is 1. The van der Waals surface area contributed by atoms with E-state index in [0.717, 1.165) is 23.3 Å². The third-order valence-corrected chi connectivity index (χ3v) is 11.3. The molecule has 0 amide bonds. The monoisotopic (exact) mass is 424 g/mol. The third-order valence-electron chi connectivity index (χ3n) is 9.94. The van der Waals surface area contributed by atoms with Crippen LogP contribution in [0.25, 0.3) is 0 Å². The molecule has 5 rings (SSSR count). The Morgan fingerprint density at radius 2 is 1.57 bits per heavy atom. The molecule has 0 aromatic carbocycles. The van der Waals surface area contributed by atoms with Gasteiger partial charge >= 0.3 is 12.1 Å². The maximum atomic E-state index is 14.5. The van der Waals surface area contributed by atoms with Crippen LogP contribution >= 0.6 is 11.8 Å². The quantitative estimate of drug-likeness (QED) is 0.408. The fourth-order valence-corrected chi connectivity index (χ4v) is 9.65. The minimum atomic E-state index is -5.72. The lowest BCUT2D eigenvalue weighted by atomic mass is 9.44. The van der Waals surface area contributed by atoms with Crippen molar-refractivity contribution in [2.45, 2.75) is 93.4 Å². The van der Waals surface area contributed by atoms with E-state index in [1.807, 2.05) is 0 Å². The summed E-state index contributed by atoms with van der Waals surface area (Å²) in [5.74, 6) is -4.09. The van der Waals surface area contributed by atoms with Crippen LogP contribution in [0, 0.1) is 34.5 Å². The zero-order valence-corrected chi connectivity index (χ0v) is 17.2. The molecule has 0 aromatic rings. The van der Waals surface area contributed by atoms with Crippen LogP contribution in [0.3, 0.4) is 0 Å². The van der Waals surface area contributed by atoms with Crippen LogP contribution in [-0.2, 0) is 0 Å². The predicted molar refractivity (Wildman–Crippen MR) is 98.2 cm³/mol. The molecule has 1 saturated heterocycles. The Morgan fingerprint density at radius 1 is 0.893 bits per heavy atom. The lowest BCUT2D eigenvalue weighted by molar-refractivity contribution is -0.364. The molecule has 0 aromatic heterocycles. The highest BCUT2D eigenvalue weighted by Crippen LogP contribution is 2.73. The zero-order chi connectivity index (χ0) is 20.3. The van der Waals surface area contributed by atoms with E-state index in [1.165, 1.54) is 19.8 Å². The Balaban J connectivity index is 1.47. The second kappa shape index (κ2) is 5.60. The average Bonchev–Trinajstić information content (AvgIpc) is 3.27. The van der Waals surface area contributed by atoms with Crippen LogP contribution in [0.5, 0.6) is 0 Å². The lowest BCUT2D eigenvalue weighted by Crippen LogP contribution is -2.66. The van der Waals surface area contributed by atoms with Crippen molar-refractivity contribution < 1.29 is 27.1 Å². The van der Waals surface area contributed by atoms with E-state index in [0.29, 0.717) is 18.3 Å². The van der Waals surface area contributed by atoms with Crippen LogP contribution in [0.4, 0.5) is 22.0 Å². The SMILES string of the molecule is C[C@]12CCC3C(CC[C@@H]4C[C@@H]5S[C@@H]5C[C@]34C)C1CC[C@@]2(O)C(F)(F)C(F)(F)F. The summed E-state index contributed by atoms with van der Waals surface area (Å²) in [6.45, 7) is 3.88. The van der Waals surface area contributed by atoms with Crippen molar-refractivity contribution in [1.29, 1.82) is 0 Å². The van der Waals surface area contributed by atoms with Gasteiger partial charge in [0.05, 0.1) is 0 Å². The van der Waals surface area contributed by atoms with Crippen molar-refractivity contribution in [2.24, 2.45) is 34.5 Å². The number of hydrogen-bond acceptors (Lipinski definition) is 2. The molecule has 1 N–H and O–H groups in total. The summed E-state index contributed by atoms with van der Waals surface area (Å²) < 4.78 is 68.6. The molecule has 5 aliphatic rings. The largest absolute Gasteiger partial charge is 0.456 e. The van der Waals surface area contributed by atoms with Gasteiger partial charge in [0.25, 0.3) is 0 Å². The first-order valence-electron chi connectivity index (χ1n) is 10.7. The molecule has 28 heavy (non-hydrogen) atoms. The summed E-state index contributed by atoms with van der Waals surface area (Å²) >= 11 is 2.06. The molecule has 0 spiro atoms. The molecule has 4 aliphatic carbocycles.